The number of carbonyl (C=O) groups is 4. The van der Waals surface area contributed by atoms with Crippen LogP contribution in [0.1, 0.15) is 44.9 Å². The summed E-state index contributed by atoms with van der Waals surface area (Å²) in [6.07, 6.45) is 2.97. The van der Waals surface area contributed by atoms with Crippen LogP contribution in [0.2, 0.25) is 0 Å². The molecule has 1 aliphatic rings. The van der Waals surface area contributed by atoms with Crippen molar-refractivity contribution < 1.29 is 29.4 Å². The van der Waals surface area contributed by atoms with Crippen LogP contribution in [-0.4, -0.2) is 95.2 Å². The fourth-order valence-corrected chi connectivity index (χ4v) is 3.63. The first-order valence-corrected chi connectivity index (χ1v) is 11.4. The Hall–Kier alpha value is -2.97. The number of amides is 3. The first-order chi connectivity index (χ1) is 16.1. The van der Waals surface area contributed by atoms with Gasteiger partial charge in [-0.2, -0.15) is 0 Å². The van der Waals surface area contributed by atoms with Gasteiger partial charge in [-0.1, -0.05) is 6.42 Å². The van der Waals surface area contributed by atoms with E-state index < -0.39 is 54.5 Å². The second-order valence-corrected chi connectivity index (χ2v) is 8.17. The first kappa shape index (κ1) is 29.1. The molecule has 14 nitrogen and oxygen atoms in total. The highest BCUT2D eigenvalue weighted by Gasteiger charge is 2.38. The lowest BCUT2D eigenvalue weighted by Crippen LogP contribution is -2.58. The highest BCUT2D eigenvalue weighted by Crippen LogP contribution is 2.19. The molecule has 194 valence electrons. The minimum atomic E-state index is -1.34. The van der Waals surface area contributed by atoms with Gasteiger partial charge in [0.25, 0.3) is 0 Å². The zero-order chi connectivity index (χ0) is 25.7. The quantitative estimate of drug-likeness (QED) is 0.0644. The summed E-state index contributed by atoms with van der Waals surface area (Å²) in [4.78, 5) is 54.7. The predicted octanol–water partition coefficient (Wildman–Crippen LogP) is -3.47. The number of nitrogens with two attached hydrogens (primary N) is 4. The number of aliphatic hydroxyl groups is 1. The fraction of sp³-hybridized carbons (Fsp3) is 0.750. The molecular formula is C20H38N8O6. The molecular weight excluding hydrogens is 448 g/mol. The van der Waals surface area contributed by atoms with Crippen LogP contribution in [0.15, 0.2) is 4.99 Å². The van der Waals surface area contributed by atoms with Crippen LogP contribution in [0.25, 0.3) is 0 Å². The van der Waals surface area contributed by atoms with Gasteiger partial charge in [-0.15, -0.1) is 0 Å². The van der Waals surface area contributed by atoms with Crippen LogP contribution in [0.4, 0.5) is 0 Å². The summed E-state index contributed by atoms with van der Waals surface area (Å²) >= 11 is 0. The molecule has 1 aliphatic heterocycles. The minimum Gasteiger partial charge on any atom is -0.480 e. The van der Waals surface area contributed by atoms with Crippen molar-refractivity contribution in [3.05, 3.63) is 0 Å². The molecule has 0 saturated carbocycles. The molecule has 0 aromatic carbocycles. The number of unbranched alkanes of at least 4 members (excludes halogenated alkanes) is 1. The van der Waals surface area contributed by atoms with Crippen molar-refractivity contribution in [3.8, 4) is 0 Å². The van der Waals surface area contributed by atoms with Gasteiger partial charge in [0.15, 0.2) is 5.96 Å². The molecule has 0 aromatic rings. The Morgan fingerprint density at radius 3 is 2.29 bits per heavy atom. The van der Waals surface area contributed by atoms with Crippen molar-refractivity contribution in [1.29, 1.82) is 0 Å². The molecule has 0 aliphatic carbocycles. The topological polar surface area (TPSA) is 252 Å². The SMILES string of the molecule is NCCCCC(N)C(=O)NC(CO)C(=O)NC(CCCN=C(N)N)C(=O)N1CCCC1C(=O)O. The van der Waals surface area contributed by atoms with E-state index in [0.717, 1.165) is 0 Å². The van der Waals surface area contributed by atoms with Crippen molar-refractivity contribution in [2.45, 2.75) is 69.1 Å². The maximum Gasteiger partial charge on any atom is 0.326 e. The highest BCUT2D eigenvalue weighted by atomic mass is 16.4. The zero-order valence-electron chi connectivity index (χ0n) is 19.3. The van der Waals surface area contributed by atoms with Gasteiger partial charge >= 0.3 is 5.97 Å². The second-order valence-electron chi connectivity index (χ2n) is 8.17. The van der Waals surface area contributed by atoms with Crippen molar-refractivity contribution in [1.82, 2.24) is 15.5 Å². The molecule has 1 heterocycles. The normalized spacial score (nSPS) is 18.0. The van der Waals surface area contributed by atoms with Crippen LogP contribution in [0, 0.1) is 0 Å². The van der Waals surface area contributed by atoms with E-state index in [-0.39, 0.29) is 25.5 Å². The van der Waals surface area contributed by atoms with Crippen molar-refractivity contribution in [2.24, 2.45) is 27.9 Å². The summed E-state index contributed by atoms with van der Waals surface area (Å²) in [6, 6.07) is -4.29. The maximum absolute atomic E-state index is 13.1. The first-order valence-electron chi connectivity index (χ1n) is 11.4. The number of carbonyl (C=O) groups excluding carboxylic acids is 3. The summed E-state index contributed by atoms with van der Waals surface area (Å²) in [5, 5.41) is 24.0. The van der Waals surface area contributed by atoms with Gasteiger partial charge < -0.3 is 48.7 Å². The standard InChI is InChI=1S/C20H38N8O6/c21-8-2-1-5-12(22)16(30)27-14(11-29)17(31)26-13(6-3-9-25-20(23)24)18(32)28-10-4-7-15(28)19(33)34/h12-15,29H,1-11,21-22H2,(H,26,31)(H,27,30)(H,33,34)(H4,23,24,25). The van der Waals surface area contributed by atoms with Gasteiger partial charge in [0.05, 0.1) is 12.6 Å². The van der Waals surface area contributed by atoms with Crippen molar-refractivity contribution in [2.75, 3.05) is 26.2 Å². The summed E-state index contributed by atoms with van der Waals surface area (Å²) in [5.74, 6) is -3.23. The molecule has 34 heavy (non-hydrogen) atoms. The van der Waals surface area contributed by atoms with E-state index in [4.69, 9.17) is 22.9 Å². The van der Waals surface area contributed by atoms with Gasteiger partial charge in [0, 0.05) is 13.1 Å². The molecule has 4 unspecified atom stereocenters. The van der Waals surface area contributed by atoms with Crippen LogP contribution >= 0.6 is 0 Å². The molecule has 0 spiro atoms. The third-order valence-corrected chi connectivity index (χ3v) is 5.50. The number of hydrogen-bond acceptors (Lipinski definition) is 8. The van der Waals surface area contributed by atoms with E-state index in [1.165, 1.54) is 4.90 Å². The Labute approximate surface area is 198 Å². The number of aliphatic hydroxyl groups excluding tert-OH is 1. The average Bonchev–Trinajstić information content (AvgIpc) is 3.28. The number of aliphatic imine (C=N–C) groups is 1. The van der Waals surface area contributed by atoms with E-state index >= 15 is 0 Å². The molecule has 0 aromatic heterocycles. The lowest BCUT2D eigenvalue weighted by Gasteiger charge is -2.28. The number of nitrogens with zero attached hydrogens (tertiary/aromatic N) is 2. The van der Waals surface area contributed by atoms with Crippen LogP contribution in [0.3, 0.4) is 0 Å². The fourth-order valence-electron chi connectivity index (χ4n) is 3.63. The Morgan fingerprint density at radius 2 is 1.71 bits per heavy atom. The van der Waals surface area contributed by atoms with E-state index in [9.17, 15) is 29.4 Å². The predicted molar refractivity (Wildman–Crippen MR) is 124 cm³/mol. The van der Waals surface area contributed by atoms with Crippen LogP contribution in [-0.2, 0) is 19.2 Å². The van der Waals surface area contributed by atoms with E-state index in [2.05, 4.69) is 15.6 Å². The number of rotatable bonds is 15. The Kier molecular flexibility index (Phi) is 12.8. The number of likely N-dealkylation sites (tertiary alicyclic amines) is 1. The van der Waals surface area contributed by atoms with Gasteiger partial charge in [-0.25, -0.2) is 4.79 Å². The number of guanidine groups is 1. The van der Waals surface area contributed by atoms with Crippen molar-refractivity contribution in [3.63, 3.8) is 0 Å². The van der Waals surface area contributed by atoms with E-state index in [1.807, 2.05) is 0 Å². The molecule has 0 radical (unpaired) electrons. The second kappa shape index (κ2) is 15.0. The number of carboxylic acids is 1. The summed E-state index contributed by atoms with van der Waals surface area (Å²) < 4.78 is 0. The molecule has 12 N–H and O–H groups in total. The third kappa shape index (κ3) is 9.49. The Balaban J connectivity index is 2.86. The molecule has 1 saturated heterocycles. The minimum absolute atomic E-state index is 0.120. The highest BCUT2D eigenvalue weighted by molar-refractivity contribution is 5.94. The molecule has 1 rings (SSSR count). The lowest BCUT2D eigenvalue weighted by molar-refractivity contribution is -0.149. The number of carboxylic acid groups (broad SMARTS) is 1. The van der Waals surface area contributed by atoms with Gasteiger partial charge in [0.1, 0.15) is 18.1 Å². The maximum atomic E-state index is 13.1. The summed E-state index contributed by atoms with van der Waals surface area (Å²) in [7, 11) is 0. The number of hydrogen-bond donors (Lipinski definition) is 8. The van der Waals surface area contributed by atoms with E-state index in [0.29, 0.717) is 45.1 Å². The summed E-state index contributed by atoms with van der Waals surface area (Å²) in [5.41, 5.74) is 21.9. The molecule has 3 amide bonds. The summed E-state index contributed by atoms with van der Waals surface area (Å²) in [6.45, 7) is 0.188. The van der Waals surface area contributed by atoms with Crippen LogP contribution < -0.4 is 33.6 Å². The Morgan fingerprint density at radius 1 is 1.03 bits per heavy atom. The van der Waals surface area contributed by atoms with Gasteiger partial charge in [-0.05, 0) is 45.1 Å². The van der Waals surface area contributed by atoms with Crippen molar-refractivity contribution >= 4 is 29.7 Å². The third-order valence-electron chi connectivity index (χ3n) is 5.50. The molecule has 14 heteroatoms. The number of aliphatic carboxylic acids is 1. The van der Waals surface area contributed by atoms with E-state index in [1.54, 1.807) is 0 Å². The smallest absolute Gasteiger partial charge is 0.326 e. The van der Waals surface area contributed by atoms with Crippen LogP contribution in [0.5, 0.6) is 0 Å². The largest absolute Gasteiger partial charge is 0.480 e. The monoisotopic (exact) mass is 486 g/mol. The number of nitrogens with one attached hydrogen (secondary N) is 2. The molecule has 1 fully saturated rings. The van der Waals surface area contributed by atoms with Gasteiger partial charge in [-0.3, -0.25) is 19.4 Å². The Bertz CT molecular complexity index is 730. The zero-order valence-corrected chi connectivity index (χ0v) is 19.3. The molecule has 0 bridgehead atoms. The average molecular weight is 487 g/mol. The lowest BCUT2D eigenvalue weighted by atomic mass is 10.1. The molecule has 4 atom stereocenters. The van der Waals surface area contributed by atoms with Gasteiger partial charge in [0.2, 0.25) is 17.7 Å².